The van der Waals surface area contributed by atoms with Crippen molar-refractivity contribution in [3.05, 3.63) is 23.0 Å². The molecule has 2 atom stereocenters. The molecule has 16 heavy (non-hydrogen) atoms. The molecule has 1 aromatic heterocycles. The molecule has 2 unspecified atom stereocenters. The fourth-order valence-corrected chi connectivity index (χ4v) is 3.85. The van der Waals surface area contributed by atoms with Gasteiger partial charge in [0.2, 0.25) is 0 Å². The van der Waals surface area contributed by atoms with Gasteiger partial charge in [-0.05, 0) is 36.8 Å². The van der Waals surface area contributed by atoms with E-state index in [0.29, 0.717) is 0 Å². The Labute approximate surface area is 95.0 Å². The standard InChI is InChI=1S/C13H16N2O/c1-14-4-5-15-11(13(14)16)7-10-8-2-3-9(6-8)12(10)15/h7-9H,2-6H2,1H3. The van der Waals surface area contributed by atoms with Crippen LogP contribution in [0.4, 0.5) is 0 Å². The van der Waals surface area contributed by atoms with Crippen LogP contribution in [0.15, 0.2) is 6.07 Å². The number of rotatable bonds is 0. The van der Waals surface area contributed by atoms with E-state index in [0.717, 1.165) is 30.6 Å². The number of aromatic nitrogens is 1. The Kier molecular flexibility index (Phi) is 1.50. The number of hydrogen-bond acceptors (Lipinski definition) is 1. The van der Waals surface area contributed by atoms with E-state index in [9.17, 15) is 4.79 Å². The minimum absolute atomic E-state index is 0.208. The van der Waals surface area contributed by atoms with Crippen LogP contribution in [0.2, 0.25) is 0 Å². The number of fused-ring (bicyclic) bond motifs is 7. The van der Waals surface area contributed by atoms with Gasteiger partial charge in [0, 0.05) is 31.7 Å². The summed E-state index contributed by atoms with van der Waals surface area (Å²) < 4.78 is 2.31. The smallest absolute Gasteiger partial charge is 0.270 e. The molecule has 1 aliphatic heterocycles. The van der Waals surface area contributed by atoms with Gasteiger partial charge in [0.1, 0.15) is 5.69 Å². The lowest BCUT2D eigenvalue weighted by Crippen LogP contribution is -2.37. The number of likely N-dealkylation sites (N-methyl/N-ethyl adjacent to an activating group) is 1. The van der Waals surface area contributed by atoms with Crippen molar-refractivity contribution in [2.24, 2.45) is 0 Å². The average Bonchev–Trinajstić information content (AvgIpc) is 2.93. The second-order valence-corrected chi connectivity index (χ2v) is 5.46. The molecule has 0 aromatic carbocycles. The van der Waals surface area contributed by atoms with Crippen molar-refractivity contribution in [2.45, 2.75) is 37.6 Å². The number of amides is 1. The summed E-state index contributed by atoms with van der Waals surface area (Å²) in [5.74, 6) is 1.72. The SMILES string of the molecule is CN1CCn2c(cc3c2C2CCC3C2)C1=O. The molecule has 0 saturated heterocycles. The molecule has 3 aliphatic rings. The third kappa shape index (κ3) is 0.879. The number of hydrogen-bond donors (Lipinski definition) is 0. The lowest BCUT2D eigenvalue weighted by atomic mass is 9.98. The summed E-state index contributed by atoms with van der Waals surface area (Å²) in [6.07, 6.45) is 4.02. The molecule has 3 heteroatoms. The van der Waals surface area contributed by atoms with Gasteiger partial charge in [0.05, 0.1) is 0 Å². The first-order chi connectivity index (χ1) is 7.75. The van der Waals surface area contributed by atoms with Gasteiger partial charge in [-0.25, -0.2) is 0 Å². The fraction of sp³-hybridized carbons (Fsp3) is 0.615. The summed E-state index contributed by atoms with van der Waals surface area (Å²) in [7, 11) is 1.90. The zero-order valence-electron chi connectivity index (χ0n) is 9.57. The number of carbonyl (C=O) groups excluding carboxylic acids is 1. The largest absolute Gasteiger partial charge is 0.339 e. The van der Waals surface area contributed by atoms with E-state index in [1.165, 1.54) is 30.5 Å². The van der Waals surface area contributed by atoms with Crippen LogP contribution in [0.1, 0.15) is 52.8 Å². The Morgan fingerprint density at radius 3 is 2.94 bits per heavy atom. The van der Waals surface area contributed by atoms with Crippen LogP contribution < -0.4 is 0 Å². The van der Waals surface area contributed by atoms with Crippen LogP contribution in [0.5, 0.6) is 0 Å². The molecule has 4 rings (SSSR count). The number of carbonyl (C=O) groups is 1. The molecule has 1 aromatic rings. The second-order valence-electron chi connectivity index (χ2n) is 5.46. The molecule has 3 nitrogen and oxygen atoms in total. The van der Waals surface area contributed by atoms with Crippen molar-refractivity contribution < 1.29 is 4.79 Å². The van der Waals surface area contributed by atoms with Crippen LogP contribution >= 0.6 is 0 Å². The molecule has 0 spiro atoms. The van der Waals surface area contributed by atoms with E-state index < -0.39 is 0 Å². The highest BCUT2D eigenvalue weighted by atomic mass is 16.2. The first kappa shape index (κ1) is 8.85. The Balaban J connectivity index is 1.92. The summed E-state index contributed by atoms with van der Waals surface area (Å²) in [6.45, 7) is 1.86. The first-order valence-corrected chi connectivity index (χ1v) is 6.24. The summed E-state index contributed by atoms with van der Waals surface area (Å²) in [5, 5.41) is 0. The van der Waals surface area contributed by atoms with Crippen LogP contribution in [0, 0.1) is 0 Å². The summed E-state index contributed by atoms with van der Waals surface area (Å²) in [4.78, 5) is 13.9. The van der Waals surface area contributed by atoms with E-state index in [2.05, 4.69) is 10.6 Å². The molecule has 84 valence electrons. The van der Waals surface area contributed by atoms with Crippen molar-refractivity contribution in [2.75, 3.05) is 13.6 Å². The van der Waals surface area contributed by atoms with Gasteiger partial charge in [0.25, 0.3) is 5.91 Å². The summed E-state index contributed by atoms with van der Waals surface area (Å²) in [6, 6.07) is 2.18. The Morgan fingerprint density at radius 1 is 1.25 bits per heavy atom. The molecule has 0 N–H and O–H groups in total. The van der Waals surface area contributed by atoms with Crippen molar-refractivity contribution in [3.63, 3.8) is 0 Å². The highest BCUT2D eigenvalue weighted by molar-refractivity contribution is 5.94. The Morgan fingerprint density at radius 2 is 2.06 bits per heavy atom. The van der Waals surface area contributed by atoms with Gasteiger partial charge >= 0.3 is 0 Å². The minimum atomic E-state index is 0.208. The zero-order chi connectivity index (χ0) is 10.9. The fourth-order valence-electron chi connectivity index (χ4n) is 3.85. The molecule has 0 radical (unpaired) electrons. The molecule has 1 fully saturated rings. The highest BCUT2D eigenvalue weighted by Crippen LogP contribution is 2.54. The van der Waals surface area contributed by atoms with E-state index >= 15 is 0 Å². The predicted octanol–water partition coefficient (Wildman–Crippen LogP) is 1.94. The third-order valence-corrected chi connectivity index (χ3v) is 4.65. The van der Waals surface area contributed by atoms with Crippen LogP contribution in [-0.4, -0.2) is 29.0 Å². The maximum atomic E-state index is 12.1. The maximum absolute atomic E-state index is 12.1. The molecular formula is C13H16N2O. The van der Waals surface area contributed by atoms with Gasteiger partial charge < -0.3 is 9.47 Å². The van der Waals surface area contributed by atoms with Crippen LogP contribution in [0.3, 0.4) is 0 Å². The molecule has 2 heterocycles. The summed E-state index contributed by atoms with van der Waals surface area (Å²) >= 11 is 0. The second kappa shape index (κ2) is 2.70. The Hall–Kier alpha value is -1.25. The van der Waals surface area contributed by atoms with Crippen molar-refractivity contribution in [3.8, 4) is 0 Å². The van der Waals surface area contributed by atoms with Crippen LogP contribution in [0.25, 0.3) is 0 Å². The maximum Gasteiger partial charge on any atom is 0.270 e. The van der Waals surface area contributed by atoms with Crippen molar-refractivity contribution in [1.82, 2.24) is 9.47 Å². The van der Waals surface area contributed by atoms with E-state index in [4.69, 9.17) is 0 Å². The van der Waals surface area contributed by atoms with Crippen LogP contribution in [-0.2, 0) is 6.54 Å². The van der Waals surface area contributed by atoms with Gasteiger partial charge in [-0.2, -0.15) is 0 Å². The lowest BCUT2D eigenvalue weighted by Gasteiger charge is -2.26. The predicted molar refractivity (Wildman–Crippen MR) is 60.7 cm³/mol. The molecule has 2 bridgehead atoms. The van der Waals surface area contributed by atoms with Gasteiger partial charge in [-0.1, -0.05) is 0 Å². The first-order valence-electron chi connectivity index (χ1n) is 6.24. The Bertz CT molecular complexity index is 488. The minimum Gasteiger partial charge on any atom is -0.339 e. The zero-order valence-corrected chi connectivity index (χ0v) is 9.57. The van der Waals surface area contributed by atoms with E-state index in [-0.39, 0.29) is 5.91 Å². The highest BCUT2D eigenvalue weighted by Gasteiger charge is 2.42. The topological polar surface area (TPSA) is 25.2 Å². The average molecular weight is 216 g/mol. The van der Waals surface area contributed by atoms with Gasteiger partial charge in [-0.3, -0.25) is 4.79 Å². The third-order valence-electron chi connectivity index (χ3n) is 4.65. The quantitative estimate of drug-likeness (QED) is 0.650. The monoisotopic (exact) mass is 216 g/mol. The molecule has 1 amide bonds. The van der Waals surface area contributed by atoms with E-state index in [1.54, 1.807) is 0 Å². The summed E-state index contributed by atoms with van der Waals surface area (Å²) in [5.41, 5.74) is 3.94. The molecule has 2 aliphatic carbocycles. The van der Waals surface area contributed by atoms with Crippen molar-refractivity contribution in [1.29, 1.82) is 0 Å². The normalized spacial score (nSPS) is 30.8. The van der Waals surface area contributed by atoms with Gasteiger partial charge in [0.15, 0.2) is 0 Å². The molecule has 1 saturated carbocycles. The lowest BCUT2D eigenvalue weighted by molar-refractivity contribution is 0.0747. The molecular weight excluding hydrogens is 200 g/mol. The van der Waals surface area contributed by atoms with Gasteiger partial charge in [-0.15, -0.1) is 0 Å². The van der Waals surface area contributed by atoms with E-state index in [1.807, 2.05) is 11.9 Å². The van der Waals surface area contributed by atoms with Crippen molar-refractivity contribution >= 4 is 5.91 Å². The number of nitrogens with zero attached hydrogens (tertiary/aromatic N) is 2.